The van der Waals surface area contributed by atoms with Crippen molar-refractivity contribution >= 4 is 17.8 Å². The van der Waals surface area contributed by atoms with Gasteiger partial charge in [-0.05, 0) is 31.2 Å². The third-order valence-electron chi connectivity index (χ3n) is 2.35. The van der Waals surface area contributed by atoms with Crippen LogP contribution in [0.4, 0.5) is 5.88 Å². The highest BCUT2D eigenvalue weighted by Crippen LogP contribution is 2.14. The molecule has 2 N–H and O–H groups in total. The van der Waals surface area contributed by atoms with E-state index in [2.05, 4.69) is 5.32 Å². The van der Waals surface area contributed by atoms with Crippen molar-refractivity contribution in [1.29, 1.82) is 0 Å². The van der Waals surface area contributed by atoms with Gasteiger partial charge < -0.3 is 9.52 Å². The Labute approximate surface area is 103 Å². The lowest BCUT2D eigenvalue weighted by Crippen LogP contribution is -2.12. The zero-order valence-corrected chi connectivity index (χ0v) is 9.64. The molecule has 0 aliphatic rings. The van der Waals surface area contributed by atoms with E-state index in [-0.39, 0.29) is 11.1 Å². The topological polar surface area (TPSA) is 79.5 Å². The summed E-state index contributed by atoms with van der Waals surface area (Å²) < 4.78 is 5.21. The lowest BCUT2D eigenvalue weighted by Gasteiger charge is -2.02. The van der Waals surface area contributed by atoms with Crippen LogP contribution < -0.4 is 5.32 Å². The first-order valence-corrected chi connectivity index (χ1v) is 5.27. The molecule has 0 saturated heterocycles. The second kappa shape index (κ2) is 4.75. The fraction of sp³-hybridized carbons (Fsp3) is 0.0769. The van der Waals surface area contributed by atoms with Crippen molar-refractivity contribution < 1.29 is 19.1 Å². The van der Waals surface area contributed by atoms with Crippen LogP contribution in [0.5, 0.6) is 0 Å². The largest absolute Gasteiger partial charge is 0.478 e. The number of carboxylic acids is 1. The van der Waals surface area contributed by atoms with E-state index in [4.69, 9.17) is 9.52 Å². The van der Waals surface area contributed by atoms with Gasteiger partial charge >= 0.3 is 5.97 Å². The molecule has 1 heterocycles. The van der Waals surface area contributed by atoms with Crippen LogP contribution in [0.1, 0.15) is 26.5 Å². The van der Waals surface area contributed by atoms with Crippen molar-refractivity contribution in [2.75, 3.05) is 5.32 Å². The predicted molar refractivity (Wildman–Crippen MR) is 64.8 cm³/mol. The van der Waals surface area contributed by atoms with Crippen LogP contribution in [-0.4, -0.2) is 17.0 Å². The summed E-state index contributed by atoms with van der Waals surface area (Å²) in [6, 6.07) is 9.16. The van der Waals surface area contributed by atoms with Gasteiger partial charge in [0.05, 0.1) is 5.56 Å². The molecule has 0 radical (unpaired) electrons. The van der Waals surface area contributed by atoms with Gasteiger partial charge in [0.15, 0.2) is 5.88 Å². The number of aromatic carboxylic acids is 1. The molecule has 0 bridgehead atoms. The highest BCUT2D eigenvalue weighted by molar-refractivity contribution is 6.04. The molecule has 0 fully saturated rings. The van der Waals surface area contributed by atoms with E-state index >= 15 is 0 Å². The monoisotopic (exact) mass is 245 g/mol. The van der Waals surface area contributed by atoms with Crippen LogP contribution in [0, 0.1) is 6.92 Å². The molecule has 1 amide bonds. The average molecular weight is 245 g/mol. The molecule has 92 valence electrons. The minimum atomic E-state index is -1.07. The van der Waals surface area contributed by atoms with Crippen molar-refractivity contribution in [3.63, 3.8) is 0 Å². The fourth-order valence-corrected chi connectivity index (χ4v) is 1.48. The number of nitrogens with one attached hydrogen (secondary N) is 1. The van der Waals surface area contributed by atoms with Crippen molar-refractivity contribution in [2.45, 2.75) is 6.92 Å². The van der Waals surface area contributed by atoms with Gasteiger partial charge in [-0.25, -0.2) is 4.79 Å². The van der Waals surface area contributed by atoms with E-state index in [1.807, 2.05) is 0 Å². The number of aryl methyl sites for hydroxylation is 1. The molecule has 2 aromatic rings. The lowest BCUT2D eigenvalue weighted by atomic mass is 10.1. The lowest BCUT2D eigenvalue weighted by molar-refractivity contribution is 0.0697. The molecule has 18 heavy (non-hydrogen) atoms. The molecule has 1 aromatic heterocycles. The molecule has 5 nitrogen and oxygen atoms in total. The SMILES string of the molecule is Cc1ccc(NC(=O)c2cccc(C(=O)O)c2)o1. The smallest absolute Gasteiger partial charge is 0.335 e. The first-order chi connectivity index (χ1) is 8.56. The highest BCUT2D eigenvalue weighted by atomic mass is 16.4. The van der Waals surface area contributed by atoms with E-state index in [1.54, 1.807) is 19.1 Å². The molecular formula is C13H11NO4. The minimum absolute atomic E-state index is 0.0678. The number of hydrogen-bond donors (Lipinski definition) is 2. The van der Waals surface area contributed by atoms with Crippen LogP contribution in [0.25, 0.3) is 0 Å². The van der Waals surface area contributed by atoms with Crippen LogP contribution in [0.2, 0.25) is 0 Å². The number of carbonyl (C=O) groups excluding carboxylic acids is 1. The highest BCUT2D eigenvalue weighted by Gasteiger charge is 2.10. The second-order valence-corrected chi connectivity index (χ2v) is 3.75. The van der Waals surface area contributed by atoms with Crippen molar-refractivity contribution in [3.05, 3.63) is 53.3 Å². The minimum Gasteiger partial charge on any atom is -0.478 e. The van der Waals surface area contributed by atoms with Gasteiger partial charge in [0, 0.05) is 11.6 Å². The predicted octanol–water partition coefficient (Wildman–Crippen LogP) is 2.54. The van der Waals surface area contributed by atoms with Crippen LogP contribution in [0.15, 0.2) is 40.8 Å². The maximum Gasteiger partial charge on any atom is 0.335 e. The van der Waals surface area contributed by atoms with Crippen molar-refractivity contribution in [1.82, 2.24) is 0 Å². The Balaban J connectivity index is 2.18. The first kappa shape index (κ1) is 11.9. The first-order valence-electron chi connectivity index (χ1n) is 5.27. The maximum atomic E-state index is 11.8. The third-order valence-corrected chi connectivity index (χ3v) is 2.35. The Kier molecular flexibility index (Phi) is 3.14. The van der Waals surface area contributed by atoms with Gasteiger partial charge in [-0.2, -0.15) is 0 Å². The molecule has 1 aromatic carbocycles. The summed E-state index contributed by atoms with van der Waals surface area (Å²) in [5, 5.41) is 11.4. The fourth-order valence-electron chi connectivity index (χ4n) is 1.48. The van der Waals surface area contributed by atoms with Gasteiger partial charge in [-0.3, -0.25) is 10.1 Å². The van der Waals surface area contributed by atoms with Gasteiger partial charge in [-0.15, -0.1) is 0 Å². The van der Waals surface area contributed by atoms with Gasteiger partial charge in [0.25, 0.3) is 5.91 Å². The Bertz CT molecular complexity index is 601. The molecule has 0 aliphatic carbocycles. The van der Waals surface area contributed by atoms with Crippen molar-refractivity contribution in [3.8, 4) is 0 Å². The molecule has 2 rings (SSSR count). The van der Waals surface area contributed by atoms with Crippen LogP contribution >= 0.6 is 0 Å². The van der Waals surface area contributed by atoms with E-state index < -0.39 is 11.9 Å². The molecular weight excluding hydrogens is 234 g/mol. The second-order valence-electron chi connectivity index (χ2n) is 3.75. The Morgan fingerprint density at radius 3 is 2.50 bits per heavy atom. The number of carbonyl (C=O) groups is 2. The summed E-state index contributed by atoms with van der Waals surface area (Å²) >= 11 is 0. The standard InChI is InChI=1S/C13H11NO4/c1-8-5-6-11(18-8)14-12(15)9-3-2-4-10(7-9)13(16)17/h2-7H,1H3,(H,14,15)(H,16,17). The molecule has 0 unspecified atom stereocenters. The van der Waals surface area contributed by atoms with Crippen molar-refractivity contribution in [2.24, 2.45) is 0 Å². The summed E-state index contributed by atoms with van der Waals surface area (Å²) in [5.74, 6) is -0.464. The third kappa shape index (κ3) is 2.57. The normalized spacial score (nSPS) is 10.1. The van der Waals surface area contributed by atoms with E-state index in [0.29, 0.717) is 11.6 Å². The number of benzene rings is 1. The van der Waals surface area contributed by atoms with E-state index in [1.165, 1.54) is 24.3 Å². The molecule has 0 aliphatic heterocycles. The summed E-state index contributed by atoms with van der Waals surface area (Å²) in [4.78, 5) is 22.6. The number of carboxylic acid groups (broad SMARTS) is 1. The maximum absolute atomic E-state index is 11.8. The van der Waals surface area contributed by atoms with Gasteiger partial charge in [-0.1, -0.05) is 6.07 Å². The molecule has 0 atom stereocenters. The zero-order chi connectivity index (χ0) is 13.1. The Morgan fingerprint density at radius 2 is 1.89 bits per heavy atom. The summed E-state index contributed by atoms with van der Waals surface area (Å²) in [7, 11) is 0. The number of amides is 1. The number of rotatable bonds is 3. The van der Waals surface area contributed by atoms with Crippen LogP contribution in [-0.2, 0) is 0 Å². The Hall–Kier alpha value is -2.56. The number of furan rings is 1. The van der Waals surface area contributed by atoms with Crippen LogP contribution in [0.3, 0.4) is 0 Å². The quantitative estimate of drug-likeness (QED) is 0.870. The summed E-state index contributed by atoms with van der Waals surface area (Å²) in [6.07, 6.45) is 0. The van der Waals surface area contributed by atoms with Gasteiger partial charge in [0.1, 0.15) is 5.76 Å². The van der Waals surface area contributed by atoms with E-state index in [9.17, 15) is 9.59 Å². The number of hydrogen-bond acceptors (Lipinski definition) is 3. The van der Waals surface area contributed by atoms with E-state index in [0.717, 1.165) is 0 Å². The Morgan fingerprint density at radius 1 is 1.17 bits per heavy atom. The molecule has 5 heteroatoms. The molecule has 0 saturated carbocycles. The zero-order valence-electron chi connectivity index (χ0n) is 9.64. The van der Waals surface area contributed by atoms with Gasteiger partial charge in [0.2, 0.25) is 0 Å². The summed E-state index contributed by atoms with van der Waals surface area (Å²) in [5.41, 5.74) is 0.335. The number of anilines is 1. The average Bonchev–Trinajstić information content (AvgIpc) is 2.75. The summed E-state index contributed by atoms with van der Waals surface area (Å²) in [6.45, 7) is 1.76. The molecule has 0 spiro atoms.